The average Bonchev–Trinajstić information content (AvgIpc) is 2.52. The van der Waals surface area contributed by atoms with Crippen LogP contribution in [-0.4, -0.2) is 29.4 Å². The maximum atomic E-state index is 12.3. The van der Waals surface area contributed by atoms with Crippen LogP contribution in [0.2, 0.25) is 0 Å². The van der Waals surface area contributed by atoms with E-state index in [0.29, 0.717) is 6.54 Å². The summed E-state index contributed by atoms with van der Waals surface area (Å²) in [4.78, 5) is 26.1. The second-order valence-electron chi connectivity index (χ2n) is 5.80. The number of likely N-dealkylation sites (tertiary alicyclic amines) is 1. The van der Waals surface area contributed by atoms with Gasteiger partial charge in [-0.1, -0.05) is 44.2 Å². The standard InChI is InChI=1S/C17H23NO3/c1-13(2)16(19)15-10-6-7-11-18(15)17(20)21-12-14-8-4-3-5-9-14/h3-5,8-9,13,15H,6-7,10-12H2,1-2H3. The van der Waals surface area contributed by atoms with Gasteiger partial charge in [0.1, 0.15) is 6.61 Å². The number of carbonyl (C=O) groups excluding carboxylic acids is 2. The van der Waals surface area contributed by atoms with Crippen molar-refractivity contribution in [1.29, 1.82) is 0 Å². The topological polar surface area (TPSA) is 46.6 Å². The normalized spacial score (nSPS) is 18.6. The SMILES string of the molecule is CC(C)C(=O)C1CCCCN1C(=O)OCc1ccccc1. The van der Waals surface area contributed by atoms with E-state index in [0.717, 1.165) is 24.8 Å². The molecule has 0 radical (unpaired) electrons. The van der Waals surface area contributed by atoms with Gasteiger partial charge in [0.25, 0.3) is 0 Å². The minimum Gasteiger partial charge on any atom is -0.445 e. The van der Waals surface area contributed by atoms with Crippen molar-refractivity contribution in [3.63, 3.8) is 0 Å². The summed E-state index contributed by atoms with van der Waals surface area (Å²) in [5.41, 5.74) is 0.953. The van der Waals surface area contributed by atoms with E-state index in [1.807, 2.05) is 44.2 Å². The molecule has 4 heteroatoms. The van der Waals surface area contributed by atoms with E-state index in [1.54, 1.807) is 4.90 Å². The van der Waals surface area contributed by atoms with Gasteiger partial charge in [-0.15, -0.1) is 0 Å². The predicted molar refractivity (Wildman–Crippen MR) is 80.8 cm³/mol. The number of benzene rings is 1. The molecule has 1 fully saturated rings. The van der Waals surface area contributed by atoms with Gasteiger partial charge in [0.2, 0.25) is 0 Å². The van der Waals surface area contributed by atoms with Gasteiger partial charge in [0, 0.05) is 12.5 Å². The molecule has 114 valence electrons. The van der Waals surface area contributed by atoms with Crippen LogP contribution in [0.1, 0.15) is 38.7 Å². The first-order chi connectivity index (χ1) is 10.1. The van der Waals surface area contributed by atoms with Gasteiger partial charge < -0.3 is 4.74 Å². The highest BCUT2D eigenvalue weighted by Gasteiger charge is 2.33. The molecule has 1 unspecified atom stereocenters. The van der Waals surface area contributed by atoms with E-state index < -0.39 is 0 Å². The molecule has 0 aromatic heterocycles. The van der Waals surface area contributed by atoms with Crippen LogP contribution in [0.3, 0.4) is 0 Å². The Bertz CT molecular complexity index is 484. The Hall–Kier alpha value is -1.84. The van der Waals surface area contributed by atoms with Gasteiger partial charge in [-0.2, -0.15) is 0 Å². The van der Waals surface area contributed by atoms with Crippen LogP contribution in [0, 0.1) is 5.92 Å². The molecule has 0 N–H and O–H groups in total. The molecule has 4 nitrogen and oxygen atoms in total. The number of Topliss-reactive ketones (excluding diaryl/α,β-unsaturated/α-hetero) is 1. The van der Waals surface area contributed by atoms with Crippen LogP contribution in [0.4, 0.5) is 4.79 Å². The lowest BCUT2D eigenvalue weighted by Gasteiger charge is -2.34. The molecule has 1 saturated heterocycles. The van der Waals surface area contributed by atoms with Crippen molar-refractivity contribution in [3.05, 3.63) is 35.9 Å². The maximum absolute atomic E-state index is 12.3. The van der Waals surface area contributed by atoms with Crippen LogP contribution in [0.25, 0.3) is 0 Å². The fraction of sp³-hybridized carbons (Fsp3) is 0.529. The van der Waals surface area contributed by atoms with Gasteiger partial charge in [-0.25, -0.2) is 4.79 Å². The van der Waals surface area contributed by atoms with Crippen molar-refractivity contribution in [2.24, 2.45) is 5.92 Å². The first-order valence-corrected chi connectivity index (χ1v) is 7.60. The Morgan fingerprint density at radius 2 is 1.95 bits per heavy atom. The van der Waals surface area contributed by atoms with E-state index in [2.05, 4.69) is 0 Å². The zero-order valence-corrected chi connectivity index (χ0v) is 12.7. The number of carbonyl (C=O) groups is 2. The third kappa shape index (κ3) is 4.06. The molecule has 21 heavy (non-hydrogen) atoms. The summed E-state index contributed by atoms with van der Waals surface area (Å²) in [6, 6.07) is 9.26. The van der Waals surface area contributed by atoms with Crippen LogP contribution in [0.15, 0.2) is 30.3 Å². The van der Waals surface area contributed by atoms with Gasteiger partial charge in [-0.05, 0) is 24.8 Å². The lowest BCUT2D eigenvalue weighted by molar-refractivity contribution is -0.127. The summed E-state index contributed by atoms with van der Waals surface area (Å²) in [5.74, 6) is 0.0730. The third-order valence-corrected chi connectivity index (χ3v) is 3.84. The highest BCUT2D eigenvalue weighted by Crippen LogP contribution is 2.21. The maximum Gasteiger partial charge on any atom is 0.410 e. The molecule has 0 spiro atoms. The summed E-state index contributed by atoms with van der Waals surface area (Å²) in [6.45, 7) is 4.62. The van der Waals surface area contributed by atoms with Gasteiger partial charge in [0.05, 0.1) is 6.04 Å². The van der Waals surface area contributed by atoms with E-state index >= 15 is 0 Å². The average molecular weight is 289 g/mol. The minimum absolute atomic E-state index is 0.0578. The minimum atomic E-state index is -0.377. The van der Waals surface area contributed by atoms with E-state index in [-0.39, 0.29) is 30.4 Å². The summed E-state index contributed by atoms with van der Waals surface area (Å²) in [5, 5.41) is 0. The monoisotopic (exact) mass is 289 g/mol. The van der Waals surface area contributed by atoms with Crippen molar-refractivity contribution in [1.82, 2.24) is 4.90 Å². The lowest BCUT2D eigenvalue weighted by Crippen LogP contribution is -2.49. The fourth-order valence-corrected chi connectivity index (χ4v) is 2.63. The Kier molecular flexibility index (Phi) is 5.37. The second kappa shape index (κ2) is 7.25. The number of hydrogen-bond donors (Lipinski definition) is 0. The van der Waals surface area contributed by atoms with Gasteiger partial charge in [0.15, 0.2) is 5.78 Å². The molecular formula is C17H23NO3. The molecular weight excluding hydrogens is 266 g/mol. The first-order valence-electron chi connectivity index (χ1n) is 7.60. The van der Waals surface area contributed by atoms with Crippen molar-refractivity contribution in [2.45, 2.75) is 45.8 Å². The number of ketones is 1. The van der Waals surface area contributed by atoms with Crippen LogP contribution >= 0.6 is 0 Å². The highest BCUT2D eigenvalue weighted by molar-refractivity contribution is 5.88. The molecule has 1 atom stereocenters. The second-order valence-corrected chi connectivity index (χ2v) is 5.80. The molecule has 0 saturated carbocycles. The summed E-state index contributed by atoms with van der Waals surface area (Å²) in [7, 11) is 0. The molecule has 1 aliphatic rings. The van der Waals surface area contributed by atoms with E-state index in [9.17, 15) is 9.59 Å². The molecule has 1 aromatic carbocycles. The largest absolute Gasteiger partial charge is 0.445 e. The third-order valence-electron chi connectivity index (χ3n) is 3.84. The van der Waals surface area contributed by atoms with Crippen LogP contribution in [-0.2, 0) is 16.1 Å². The Morgan fingerprint density at radius 3 is 2.62 bits per heavy atom. The van der Waals surface area contributed by atoms with Crippen molar-refractivity contribution >= 4 is 11.9 Å². The zero-order chi connectivity index (χ0) is 15.2. The fourth-order valence-electron chi connectivity index (χ4n) is 2.63. The Labute approximate surface area is 126 Å². The predicted octanol–water partition coefficient (Wildman–Crippen LogP) is 3.40. The Morgan fingerprint density at radius 1 is 1.24 bits per heavy atom. The van der Waals surface area contributed by atoms with Crippen molar-refractivity contribution in [3.8, 4) is 0 Å². The molecule has 1 heterocycles. The molecule has 1 amide bonds. The molecule has 0 bridgehead atoms. The quantitative estimate of drug-likeness (QED) is 0.853. The van der Waals surface area contributed by atoms with Gasteiger partial charge in [-0.3, -0.25) is 9.69 Å². The number of nitrogens with zero attached hydrogens (tertiary/aromatic N) is 1. The smallest absolute Gasteiger partial charge is 0.410 e. The van der Waals surface area contributed by atoms with Crippen LogP contribution < -0.4 is 0 Å². The zero-order valence-electron chi connectivity index (χ0n) is 12.7. The molecule has 1 aromatic rings. The van der Waals surface area contributed by atoms with Gasteiger partial charge >= 0.3 is 6.09 Å². The van der Waals surface area contributed by atoms with E-state index in [4.69, 9.17) is 4.74 Å². The number of rotatable bonds is 4. The number of hydrogen-bond acceptors (Lipinski definition) is 3. The number of piperidine rings is 1. The number of amides is 1. The van der Waals surface area contributed by atoms with Crippen molar-refractivity contribution in [2.75, 3.05) is 6.54 Å². The Balaban J connectivity index is 1.97. The van der Waals surface area contributed by atoms with Crippen LogP contribution in [0.5, 0.6) is 0 Å². The molecule has 1 aliphatic heterocycles. The van der Waals surface area contributed by atoms with Crippen molar-refractivity contribution < 1.29 is 14.3 Å². The molecule has 0 aliphatic carbocycles. The molecule has 2 rings (SSSR count). The summed E-state index contributed by atoms with van der Waals surface area (Å²) in [6.07, 6.45) is 2.29. The summed E-state index contributed by atoms with van der Waals surface area (Å²) < 4.78 is 5.36. The highest BCUT2D eigenvalue weighted by atomic mass is 16.6. The van der Waals surface area contributed by atoms with E-state index in [1.165, 1.54) is 0 Å². The summed E-state index contributed by atoms with van der Waals surface area (Å²) >= 11 is 0. The first kappa shape index (κ1) is 15.5. The number of ether oxygens (including phenoxy) is 1. The lowest BCUT2D eigenvalue weighted by atomic mass is 9.93.